The van der Waals surface area contributed by atoms with Crippen LogP contribution in [0, 0.1) is 0 Å². The molecule has 0 radical (unpaired) electrons. The molecule has 0 aliphatic rings. The van der Waals surface area contributed by atoms with Gasteiger partial charge in [-0.1, -0.05) is 23.2 Å². The molecular formula is C10H5Cl2N3S. The molecule has 16 heavy (non-hydrogen) atoms. The third-order valence-electron chi connectivity index (χ3n) is 2.17. The number of aromatic amines is 1. The highest BCUT2D eigenvalue weighted by Crippen LogP contribution is 2.37. The lowest BCUT2D eigenvalue weighted by atomic mass is 10.3. The van der Waals surface area contributed by atoms with Gasteiger partial charge in [0.1, 0.15) is 10.2 Å². The van der Waals surface area contributed by atoms with Crippen LogP contribution in [-0.2, 0) is 0 Å². The maximum absolute atomic E-state index is 6.06. The van der Waals surface area contributed by atoms with Gasteiger partial charge in [-0.05, 0) is 18.2 Å². The molecule has 0 amide bonds. The minimum absolute atomic E-state index is 0.629. The number of rotatable bonds is 1. The molecule has 3 aromatic rings. The lowest BCUT2D eigenvalue weighted by molar-refractivity contribution is 1.31. The Morgan fingerprint density at radius 1 is 1.31 bits per heavy atom. The lowest BCUT2D eigenvalue weighted by Crippen LogP contribution is -1.76. The fraction of sp³-hybridized carbons (Fsp3) is 0. The van der Waals surface area contributed by atoms with E-state index in [1.54, 1.807) is 12.3 Å². The number of aromatic nitrogens is 3. The van der Waals surface area contributed by atoms with Crippen LogP contribution >= 0.6 is 34.5 Å². The number of halogens is 2. The molecule has 0 saturated carbocycles. The predicted octanol–water partition coefficient (Wildman–Crippen LogP) is 3.99. The third-order valence-corrected chi connectivity index (χ3v) is 3.66. The molecule has 0 bridgehead atoms. The van der Waals surface area contributed by atoms with Crippen molar-refractivity contribution in [1.29, 1.82) is 0 Å². The molecule has 3 nitrogen and oxygen atoms in total. The van der Waals surface area contributed by atoms with E-state index in [0.717, 1.165) is 11.1 Å². The van der Waals surface area contributed by atoms with Gasteiger partial charge in [-0.15, -0.1) is 11.3 Å². The smallest absolute Gasteiger partial charge is 0.178 e. The van der Waals surface area contributed by atoms with Crippen LogP contribution in [0.2, 0.25) is 8.67 Å². The van der Waals surface area contributed by atoms with Gasteiger partial charge in [0.05, 0.1) is 9.85 Å². The summed E-state index contributed by atoms with van der Waals surface area (Å²) in [5.74, 6) is 0.696. The lowest BCUT2D eigenvalue weighted by Gasteiger charge is -1.89. The first-order valence-corrected chi connectivity index (χ1v) is 6.07. The van der Waals surface area contributed by atoms with E-state index in [2.05, 4.69) is 15.0 Å². The molecule has 6 heteroatoms. The normalized spacial score (nSPS) is 11.1. The van der Waals surface area contributed by atoms with Gasteiger partial charge >= 0.3 is 0 Å². The molecule has 3 rings (SSSR count). The summed E-state index contributed by atoms with van der Waals surface area (Å²) in [5.41, 5.74) is 2.38. The van der Waals surface area contributed by atoms with Crippen molar-refractivity contribution in [1.82, 2.24) is 15.0 Å². The van der Waals surface area contributed by atoms with E-state index in [4.69, 9.17) is 23.2 Å². The minimum atomic E-state index is 0.629. The summed E-state index contributed by atoms with van der Waals surface area (Å²) in [4.78, 5) is 11.7. The highest BCUT2D eigenvalue weighted by atomic mass is 35.5. The van der Waals surface area contributed by atoms with Crippen molar-refractivity contribution in [2.75, 3.05) is 0 Å². The average molecular weight is 270 g/mol. The Hall–Kier alpha value is -1.10. The molecule has 0 aliphatic carbocycles. The molecule has 0 unspecified atom stereocenters. The van der Waals surface area contributed by atoms with Gasteiger partial charge in [0.15, 0.2) is 5.65 Å². The van der Waals surface area contributed by atoms with Gasteiger partial charge in [0, 0.05) is 11.8 Å². The van der Waals surface area contributed by atoms with Crippen molar-refractivity contribution in [3.8, 4) is 11.4 Å². The molecule has 0 aliphatic heterocycles. The van der Waals surface area contributed by atoms with Crippen LogP contribution in [0.25, 0.3) is 22.6 Å². The Morgan fingerprint density at radius 3 is 2.88 bits per heavy atom. The molecule has 0 saturated heterocycles. The zero-order chi connectivity index (χ0) is 11.1. The summed E-state index contributed by atoms with van der Waals surface area (Å²) in [6.45, 7) is 0. The summed E-state index contributed by atoms with van der Waals surface area (Å²) in [7, 11) is 0. The van der Waals surface area contributed by atoms with Crippen LogP contribution < -0.4 is 0 Å². The Morgan fingerprint density at radius 2 is 2.19 bits per heavy atom. The zero-order valence-electron chi connectivity index (χ0n) is 7.87. The fourth-order valence-electron chi connectivity index (χ4n) is 1.47. The van der Waals surface area contributed by atoms with Crippen molar-refractivity contribution < 1.29 is 0 Å². The second-order valence-electron chi connectivity index (χ2n) is 3.20. The summed E-state index contributed by atoms with van der Waals surface area (Å²) in [5, 5.41) is 0. The van der Waals surface area contributed by atoms with Crippen molar-refractivity contribution >= 4 is 45.7 Å². The SMILES string of the molecule is Clc1cc(-c2nc3ncccc3[nH]2)c(Cl)s1. The van der Waals surface area contributed by atoms with Crippen LogP contribution in [0.15, 0.2) is 24.4 Å². The zero-order valence-corrected chi connectivity index (χ0v) is 10.2. The van der Waals surface area contributed by atoms with Crippen molar-refractivity contribution in [3.63, 3.8) is 0 Å². The molecule has 0 spiro atoms. The number of nitrogens with one attached hydrogen (secondary N) is 1. The van der Waals surface area contributed by atoms with E-state index in [1.807, 2.05) is 12.1 Å². The van der Waals surface area contributed by atoms with Gasteiger partial charge < -0.3 is 4.98 Å². The van der Waals surface area contributed by atoms with E-state index >= 15 is 0 Å². The van der Waals surface area contributed by atoms with E-state index in [-0.39, 0.29) is 0 Å². The predicted molar refractivity (Wildman–Crippen MR) is 67.2 cm³/mol. The highest BCUT2D eigenvalue weighted by molar-refractivity contribution is 7.20. The molecule has 0 atom stereocenters. The van der Waals surface area contributed by atoms with E-state index < -0.39 is 0 Å². The van der Waals surface area contributed by atoms with Crippen molar-refractivity contribution in [2.45, 2.75) is 0 Å². The number of thiophene rings is 1. The first-order chi connectivity index (χ1) is 7.74. The van der Waals surface area contributed by atoms with Gasteiger partial charge in [0.2, 0.25) is 0 Å². The van der Waals surface area contributed by atoms with Gasteiger partial charge in [0.25, 0.3) is 0 Å². The van der Waals surface area contributed by atoms with Crippen LogP contribution in [0.5, 0.6) is 0 Å². The quantitative estimate of drug-likeness (QED) is 0.726. The molecule has 80 valence electrons. The molecule has 3 aromatic heterocycles. The Labute approximate surface area is 105 Å². The van der Waals surface area contributed by atoms with Crippen LogP contribution in [0.1, 0.15) is 0 Å². The number of fused-ring (bicyclic) bond motifs is 1. The highest BCUT2D eigenvalue weighted by Gasteiger charge is 2.12. The third kappa shape index (κ3) is 1.59. The number of pyridine rings is 1. The van der Waals surface area contributed by atoms with Gasteiger partial charge in [-0.2, -0.15) is 0 Å². The molecule has 1 N–H and O–H groups in total. The summed E-state index contributed by atoms with van der Waals surface area (Å²) in [6, 6.07) is 5.57. The number of nitrogens with zero attached hydrogens (tertiary/aromatic N) is 2. The summed E-state index contributed by atoms with van der Waals surface area (Å²) in [6.07, 6.45) is 1.70. The number of hydrogen-bond donors (Lipinski definition) is 1. The molecule has 3 heterocycles. The van der Waals surface area contributed by atoms with Crippen LogP contribution in [0.3, 0.4) is 0 Å². The monoisotopic (exact) mass is 269 g/mol. The maximum Gasteiger partial charge on any atom is 0.178 e. The first-order valence-electron chi connectivity index (χ1n) is 4.50. The largest absolute Gasteiger partial charge is 0.337 e. The molecule has 0 fully saturated rings. The van der Waals surface area contributed by atoms with E-state index in [1.165, 1.54) is 11.3 Å². The topological polar surface area (TPSA) is 41.6 Å². The van der Waals surface area contributed by atoms with E-state index in [0.29, 0.717) is 20.1 Å². The summed E-state index contributed by atoms with van der Waals surface area (Å²) < 4.78 is 1.28. The first kappa shape index (κ1) is 10.1. The minimum Gasteiger partial charge on any atom is -0.337 e. The van der Waals surface area contributed by atoms with E-state index in [9.17, 15) is 0 Å². The van der Waals surface area contributed by atoms with Crippen LogP contribution in [-0.4, -0.2) is 15.0 Å². The Balaban J connectivity index is 2.22. The van der Waals surface area contributed by atoms with Gasteiger partial charge in [-0.3, -0.25) is 0 Å². The number of imidazole rings is 1. The fourth-order valence-corrected chi connectivity index (χ4v) is 2.94. The van der Waals surface area contributed by atoms with Crippen LogP contribution in [0.4, 0.5) is 0 Å². The summed E-state index contributed by atoms with van der Waals surface area (Å²) >= 11 is 13.3. The molecular weight excluding hydrogens is 265 g/mol. The maximum atomic E-state index is 6.06. The second-order valence-corrected chi connectivity index (χ2v) is 5.48. The number of H-pyrrole nitrogens is 1. The molecule has 0 aromatic carbocycles. The van der Waals surface area contributed by atoms with Gasteiger partial charge in [-0.25, -0.2) is 9.97 Å². The Bertz CT molecular complexity index is 626. The standard InChI is InChI=1S/C10H5Cl2N3S/c11-7-4-5(8(12)16-7)9-14-6-2-1-3-13-10(6)15-9/h1-4H,(H,13,14,15). The van der Waals surface area contributed by atoms with Crippen molar-refractivity contribution in [3.05, 3.63) is 33.1 Å². The second kappa shape index (κ2) is 3.73. The average Bonchev–Trinajstić information content (AvgIpc) is 2.81. The number of hydrogen-bond acceptors (Lipinski definition) is 3. The Kier molecular flexibility index (Phi) is 2.35. The van der Waals surface area contributed by atoms with Crippen molar-refractivity contribution in [2.24, 2.45) is 0 Å².